The lowest BCUT2D eigenvalue weighted by molar-refractivity contribution is 0.0535. The molecular formula is C21H22N2O5. The largest absolute Gasteiger partial charge is 0.497 e. The molecule has 0 atom stereocenters. The average Bonchev–Trinajstić information content (AvgIpc) is 2.72. The summed E-state index contributed by atoms with van der Waals surface area (Å²) in [6.07, 6.45) is 0. The SMILES string of the molecule is COc1ccc(C(=O)N2CCN(C(=O)c3cc(C)cc(C(=O)O)c3)CC2)cc1. The van der Waals surface area contributed by atoms with Crippen LogP contribution in [0, 0.1) is 6.92 Å². The summed E-state index contributed by atoms with van der Waals surface area (Å²) in [4.78, 5) is 40.0. The van der Waals surface area contributed by atoms with Gasteiger partial charge in [-0.3, -0.25) is 9.59 Å². The Hall–Kier alpha value is -3.35. The molecule has 7 nitrogen and oxygen atoms in total. The number of piperazine rings is 1. The van der Waals surface area contributed by atoms with Crippen LogP contribution < -0.4 is 4.74 Å². The van der Waals surface area contributed by atoms with Crippen LogP contribution in [0.2, 0.25) is 0 Å². The highest BCUT2D eigenvalue weighted by Gasteiger charge is 2.26. The summed E-state index contributed by atoms with van der Waals surface area (Å²) in [6.45, 7) is 3.41. The lowest BCUT2D eigenvalue weighted by Crippen LogP contribution is -2.50. The van der Waals surface area contributed by atoms with Crippen LogP contribution in [0.1, 0.15) is 36.6 Å². The zero-order valence-corrected chi connectivity index (χ0v) is 15.8. The number of benzene rings is 2. The maximum atomic E-state index is 12.8. The topological polar surface area (TPSA) is 87.2 Å². The van der Waals surface area contributed by atoms with Crippen molar-refractivity contribution >= 4 is 17.8 Å². The van der Waals surface area contributed by atoms with E-state index in [-0.39, 0.29) is 17.4 Å². The van der Waals surface area contributed by atoms with Gasteiger partial charge in [0, 0.05) is 37.3 Å². The number of carbonyl (C=O) groups excluding carboxylic acids is 2. The van der Waals surface area contributed by atoms with Gasteiger partial charge >= 0.3 is 5.97 Å². The summed E-state index contributed by atoms with van der Waals surface area (Å²) in [6, 6.07) is 11.5. The minimum atomic E-state index is -1.06. The Bertz CT molecular complexity index is 900. The van der Waals surface area contributed by atoms with Crippen LogP contribution in [-0.2, 0) is 0 Å². The van der Waals surface area contributed by atoms with Gasteiger partial charge in [-0.2, -0.15) is 0 Å². The number of rotatable bonds is 4. The highest BCUT2D eigenvalue weighted by atomic mass is 16.5. The van der Waals surface area contributed by atoms with Gasteiger partial charge in [-0.05, 0) is 55.0 Å². The maximum Gasteiger partial charge on any atom is 0.335 e. The number of carbonyl (C=O) groups is 3. The number of carboxylic acids is 1. The van der Waals surface area contributed by atoms with E-state index in [1.807, 2.05) is 0 Å². The number of amides is 2. The van der Waals surface area contributed by atoms with Gasteiger partial charge in [-0.25, -0.2) is 4.79 Å². The predicted molar refractivity (Wildman–Crippen MR) is 103 cm³/mol. The first kappa shape index (κ1) is 19.4. The molecule has 2 amide bonds. The summed E-state index contributed by atoms with van der Waals surface area (Å²) in [5.74, 6) is -0.681. The third kappa shape index (κ3) is 4.14. The molecule has 1 fully saturated rings. The number of hydrogen-bond donors (Lipinski definition) is 1. The molecule has 0 saturated carbocycles. The first-order chi connectivity index (χ1) is 13.4. The standard InChI is InChI=1S/C21H22N2O5/c1-14-11-16(13-17(12-14)21(26)27)20(25)23-9-7-22(8-10-23)19(24)15-3-5-18(28-2)6-4-15/h3-6,11-13H,7-10H2,1-2H3,(H,26,27). The highest BCUT2D eigenvalue weighted by Crippen LogP contribution is 2.17. The van der Waals surface area contributed by atoms with Gasteiger partial charge in [0.15, 0.2) is 0 Å². The van der Waals surface area contributed by atoms with Crippen LogP contribution in [0.15, 0.2) is 42.5 Å². The van der Waals surface area contributed by atoms with Crippen molar-refractivity contribution in [1.82, 2.24) is 9.80 Å². The quantitative estimate of drug-likeness (QED) is 0.877. The molecule has 146 valence electrons. The molecule has 2 aromatic rings. The molecule has 0 radical (unpaired) electrons. The lowest BCUT2D eigenvalue weighted by Gasteiger charge is -2.35. The number of ether oxygens (including phenoxy) is 1. The Morgan fingerprint density at radius 2 is 1.32 bits per heavy atom. The van der Waals surface area contributed by atoms with E-state index in [0.717, 1.165) is 5.56 Å². The number of carboxylic acid groups (broad SMARTS) is 1. The zero-order valence-electron chi connectivity index (χ0n) is 15.8. The summed E-state index contributed by atoms with van der Waals surface area (Å²) in [5, 5.41) is 9.19. The number of hydrogen-bond acceptors (Lipinski definition) is 4. The molecule has 0 spiro atoms. The van der Waals surface area contributed by atoms with E-state index in [2.05, 4.69) is 0 Å². The smallest absolute Gasteiger partial charge is 0.335 e. The van der Waals surface area contributed by atoms with Crippen LogP contribution >= 0.6 is 0 Å². The van der Waals surface area contributed by atoms with Crippen LogP contribution in [-0.4, -0.2) is 66.0 Å². The number of aryl methyl sites for hydroxylation is 1. The fourth-order valence-electron chi connectivity index (χ4n) is 3.24. The zero-order chi connectivity index (χ0) is 20.3. The number of nitrogens with zero attached hydrogens (tertiary/aromatic N) is 2. The van der Waals surface area contributed by atoms with E-state index < -0.39 is 5.97 Å². The van der Waals surface area contributed by atoms with Crippen LogP contribution in [0.25, 0.3) is 0 Å². The summed E-state index contributed by atoms with van der Waals surface area (Å²) in [7, 11) is 1.57. The van der Waals surface area contributed by atoms with Gasteiger partial charge in [0.1, 0.15) is 5.75 Å². The third-order valence-electron chi connectivity index (χ3n) is 4.76. The Morgan fingerprint density at radius 3 is 1.82 bits per heavy atom. The molecule has 1 aliphatic heterocycles. The Labute approximate surface area is 163 Å². The van der Waals surface area contributed by atoms with Crippen molar-refractivity contribution in [3.05, 3.63) is 64.7 Å². The van der Waals surface area contributed by atoms with Gasteiger partial charge in [-0.15, -0.1) is 0 Å². The van der Waals surface area contributed by atoms with Gasteiger partial charge < -0.3 is 19.6 Å². The van der Waals surface area contributed by atoms with E-state index in [1.165, 1.54) is 12.1 Å². The third-order valence-corrected chi connectivity index (χ3v) is 4.76. The average molecular weight is 382 g/mol. The van der Waals surface area contributed by atoms with Crippen molar-refractivity contribution in [1.29, 1.82) is 0 Å². The number of methoxy groups -OCH3 is 1. The van der Waals surface area contributed by atoms with Crippen LogP contribution in [0.4, 0.5) is 0 Å². The molecule has 2 aromatic carbocycles. The van der Waals surface area contributed by atoms with Gasteiger partial charge in [0.25, 0.3) is 11.8 Å². The molecule has 28 heavy (non-hydrogen) atoms. The highest BCUT2D eigenvalue weighted by molar-refractivity contribution is 5.98. The first-order valence-electron chi connectivity index (χ1n) is 8.96. The molecule has 0 bridgehead atoms. The second-order valence-electron chi connectivity index (χ2n) is 6.71. The second kappa shape index (κ2) is 8.12. The first-order valence-corrected chi connectivity index (χ1v) is 8.96. The van der Waals surface area contributed by atoms with E-state index in [4.69, 9.17) is 4.74 Å². The van der Waals surface area contributed by atoms with Crippen molar-refractivity contribution in [3.63, 3.8) is 0 Å². The molecule has 0 unspecified atom stereocenters. The Morgan fingerprint density at radius 1 is 0.821 bits per heavy atom. The summed E-state index contributed by atoms with van der Waals surface area (Å²) >= 11 is 0. The van der Waals surface area contributed by atoms with E-state index in [0.29, 0.717) is 43.1 Å². The second-order valence-corrected chi connectivity index (χ2v) is 6.71. The molecule has 1 saturated heterocycles. The molecular weight excluding hydrogens is 360 g/mol. The van der Waals surface area contributed by atoms with Crippen molar-refractivity contribution in [3.8, 4) is 5.75 Å². The minimum absolute atomic E-state index is 0.0847. The molecule has 1 aliphatic rings. The molecule has 7 heteroatoms. The van der Waals surface area contributed by atoms with Gasteiger partial charge in [0.2, 0.25) is 0 Å². The summed E-state index contributed by atoms with van der Waals surface area (Å²) < 4.78 is 5.10. The normalized spacial score (nSPS) is 13.9. The Kier molecular flexibility index (Phi) is 5.63. The molecule has 0 aliphatic carbocycles. The van der Waals surface area contributed by atoms with Gasteiger partial charge in [-0.1, -0.05) is 0 Å². The van der Waals surface area contributed by atoms with Crippen molar-refractivity contribution < 1.29 is 24.2 Å². The van der Waals surface area contributed by atoms with Gasteiger partial charge in [0.05, 0.1) is 12.7 Å². The molecule has 0 aromatic heterocycles. The van der Waals surface area contributed by atoms with E-state index in [1.54, 1.807) is 54.2 Å². The van der Waals surface area contributed by atoms with Crippen LogP contribution in [0.3, 0.4) is 0 Å². The monoisotopic (exact) mass is 382 g/mol. The van der Waals surface area contributed by atoms with Crippen molar-refractivity contribution in [2.75, 3.05) is 33.3 Å². The Balaban J connectivity index is 1.65. The van der Waals surface area contributed by atoms with E-state index in [9.17, 15) is 19.5 Å². The van der Waals surface area contributed by atoms with Crippen LogP contribution in [0.5, 0.6) is 5.75 Å². The predicted octanol–water partition coefficient (Wildman–Crippen LogP) is 2.30. The van der Waals surface area contributed by atoms with Crippen molar-refractivity contribution in [2.24, 2.45) is 0 Å². The minimum Gasteiger partial charge on any atom is -0.497 e. The lowest BCUT2D eigenvalue weighted by atomic mass is 10.1. The maximum absolute atomic E-state index is 12.8. The fraction of sp³-hybridized carbons (Fsp3) is 0.286. The van der Waals surface area contributed by atoms with Crippen molar-refractivity contribution in [2.45, 2.75) is 6.92 Å². The molecule has 1 heterocycles. The molecule has 1 N–H and O–H groups in total. The molecule has 3 rings (SSSR count). The summed E-state index contributed by atoms with van der Waals surface area (Å²) in [5.41, 5.74) is 1.74. The number of aromatic carboxylic acids is 1. The fourth-order valence-corrected chi connectivity index (χ4v) is 3.24. The van der Waals surface area contributed by atoms with E-state index >= 15 is 0 Å².